The molecule has 116 valence electrons. The van der Waals surface area contributed by atoms with E-state index in [1.807, 2.05) is 24.4 Å². The number of aryl methyl sites for hydroxylation is 1. The molecule has 2 heterocycles. The first-order valence-electron chi connectivity index (χ1n) is 7.90. The van der Waals surface area contributed by atoms with Gasteiger partial charge in [-0.3, -0.25) is 4.98 Å². The van der Waals surface area contributed by atoms with Gasteiger partial charge in [0.1, 0.15) is 0 Å². The highest BCUT2D eigenvalue weighted by molar-refractivity contribution is 5.41. The van der Waals surface area contributed by atoms with Crippen molar-refractivity contribution in [3.8, 4) is 0 Å². The van der Waals surface area contributed by atoms with Gasteiger partial charge in [0.15, 0.2) is 0 Å². The Bertz CT molecular complexity index is 754. The van der Waals surface area contributed by atoms with E-state index in [1.165, 1.54) is 11.1 Å². The van der Waals surface area contributed by atoms with E-state index in [0.29, 0.717) is 0 Å². The Balaban J connectivity index is 2.05. The Morgan fingerprint density at radius 1 is 1.13 bits per heavy atom. The smallest absolute Gasteiger partial charge is 0.0537 e. The molecule has 23 heavy (non-hydrogen) atoms. The van der Waals surface area contributed by atoms with Crippen LogP contribution in [0.5, 0.6) is 0 Å². The molecule has 1 aliphatic heterocycles. The Labute approximate surface area is 138 Å². The monoisotopic (exact) mass is 302 g/mol. The van der Waals surface area contributed by atoms with Crippen molar-refractivity contribution >= 4 is 0 Å². The molecule has 1 aliphatic rings. The molecule has 0 aliphatic carbocycles. The van der Waals surface area contributed by atoms with Gasteiger partial charge in [-0.1, -0.05) is 49.1 Å². The van der Waals surface area contributed by atoms with Crippen molar-refractivity contribution in [3.05, 3.63) is 102 Å². The number of aromatic nitrogens is 1. The zero-order valence-corrected chi connectivity index (χ0v) is 13.7. The molecule has 0 spiro atoms. The van der Waals surface area contributed by atoms with E-state index in [2.05, 4.69) is 68.2 Å². The standard InChI is InChI=1S/C21H22N2/c1-16-12-13-19(22-15-16)21(3,14-18-9-5-4-6-10-18)20-11-7-8-17(2)23-20/h4-13,15,23H,2,14H2,1,3H3. The van der Waals surface area contributed by atoms with E-state index in [-0.39, 0.29) is 5.41 Å². The largest absolute Gasteiger partial charge is 0.359 e. The molecule has 1 atom stereocenters. The van der Waals surface area contributed by atoms with Gasteiger partial charge in [0.05, 0.1) is 11.1 Å². The van der Waals surface area contributed by atoms with Gasteiger partial charge in [-0.15, -0.1) is 0 Å². The highest BCUT2D eigenvalue weighted by Gasteiger charge is 2.33. The molecule has 3 rings (SSSR count). The Kier molecular flexibility index (Phi) is 4.16. The topological polar surface area (TPSA) is 24.9 Å². The highest BCUT2D eigenvalue weighted by Crippen LogP contribution is 2.34. The molecule has 2 heteroatoms. The number of allylic oxidation sites excluding steroid dienone is 4. The molecular formula is C21H22N2. The van der Waals surface area contributed by atoms with Crippen molar-refractivity contribution < 1.29 is 0 Å². The number of nitrogens with one attached hydrogen (secondary N) is 1. The number of benzene rings is 1. The molecule has 2 nitrogen and oxygen atoms in total. The quantitative estimate of drug-likeness (QED) is 0.902. The number of pyridine rings is 1. The summed E-state index contributed by atoms with van der Waals surface area (Å²) in [5.74, 6) is 0. The molecule has 1 aromatic heterocycles. The third kappa shape index (κ3) is 3.26. The van der Waals surface area contributed by atoms with E-state index >= 15 is 0 Å². The van der Waals surface area contributed by atoms with Crippen LogP contribution in [0.3, 0.4) is 0 Å². The summed E-state index contributed by atoms with van der Waals surface area (Å²) in [5, 5.41) is 3.43. The first-order chi connectivity index (χ1) is 11.1. The van der Waals surface area contributed by atoms with Crippen molar-refractivity contribution in [1.82, 2.24) is 10.3 Å². The molecule has 2 aromatic rings. The molecule has 0 amide bonds. The van der Waals surface area contributed by atoms with Crippen LogP contribution in [-0.2, 0) is 11.8 Å². The lowest BCUT2D eigenvalue weighted by molar-refractivity contribution is 0.507. The van der Waals surface area contributed by atoms with Gasteiger partial charge in [-0.05, 0) is 49.6 Å². The summed E-state index contributed by atoms with van der Waals surface area (Å²) in [6, 6.07) is 14.8. The van der Waals surface area contributed by atoms with Crippen LogP contribution in [0, 0.1) is 6.92 Å². The van der Waals surface area contributed by atoms with Crippen molar-refractivity contribution in [2.45, 2.75) is 25.7 Å². The van der Waals surface area contributed by atoms with Crippen molar-refractivity contribution in [1.29, 1.82) is 0 Å². The molecule has 1 N–H and O–H groups in total. The summed E-state index contributed by atoms with van der Waals surface area (Å²) in [6.45, 7) is 8.34. The number of hydrogen-bond acceptors (Lipinski definition) is 2. The first-order valence-corrected chi connectivity index (χ1v) is 7.90. The van der Waals surface area contributed by atoms with Gasteiger partial charge in [0, 0.05) is 17.6 Å². The van der Waals surface area contributed by atoms with E-state index in [1.54, 1.807) is 0 Å². The van der Waals surface area contributed by atoms with Crippen molar-refractivity contribution in [3.63, 3.8) is 0 Å². The minimum absolute atomic E-state index is 0.233. The Morgan fingerprint density at radius 3 is 2.57 bits per heavy atom. The second-order valence-electron chi connectivity index (χ2n) is 6.30. The Morgan fingerprint density at radius 2 is 1.91 bits per heavy atom. The molecule has 1 aromatic carbocycles. The van der Waals surface area contributed by atoms with Crippen LogP contribution in [0.2, 0.25) is 0 Å². The van der Waals surface area contributed by atoms with Gasteiger partial charge >= 0.3 is 0 Å². The highest BCUT2D eigenvalue weighted by atomic mass is 14.9. The lowest BCUT2D eigenvalue weighted by atomic mass is 9.76. The lowest BCUT2D eigenvalue weighted by Crippen LogP contribution is -2.36. The minimum atomic E-state index is -0.233. The summed E-state index contributed by atoms with van der Waals surface area (Å²) in [4.78, 5) is 4.71. The Hall–Kier alpha value is -2.61. The second-order valence-corrected chi connectivity index (χ2v) is 6.30. The van der Waals surface area contributed by atoms with Crippen LogP contribution in [0.25, 0.3) is 0 Å². The normalized spacial score (nSPS) is 16.4. The van der Waals surface area contributed by atoms with E-state index in [0.717, 1.165) is 23.5 Å². The van der Waals surface area contributed by atoms with Gasteiger partial charge in [0.25, 0.3) is 0 Å². The van der Waals surface area contributed by atoms with E-state index in [9.17, 15) is 0 Å². The maximum absolute atomic E-state index is 4.71. The number of nitrogens with zero attached hydrogens (tertiary/aromatic N) is 1. The van der Waals surface area contributed by atoms with Crippen LogP contribution in [-0.4, -0.2) is 4.98 Å². The second kappa shape index (κ2) is 6.25. The maximum Gasteiger partial charge on any atom is 0.0537 e. The van der Waals surface area contributed by atoms with Gasteiger partial charge in [0.2, 0.25) is 0 Å². The number of hydrogen-bond donors (Lipinski definition) is 1. The summed E-state index contributed by atoms with van der Waals surface area (Å²) in [6.07, 6.45) is 8.97. The van der Waals surface area contributed by atoms with E-state index < -0.39 is 0 Å². The minimum Gasteiger partial charge on any atom is -0.359 e. The first kappa shape index (κ1) is 15.3. The molecule has 0 saturated carbocycles. The molecule has 0 bridgehead atoms. The van der Waals surface area contributed by atoms with Crippen LogP contribution in [0.15, 0.2) is 84.9 Å². The van der Waals surface area contributed by atoms with Crippen LogP contribution in [0.4, 0.5) is 0 Å². The summed E-state index contributed by atoms with van der Waals surface area (Å²) >= 11 is 0. The zero-order valence-electron chi connectivity index (χ0n) is 13.7. The van der Waals surface area contributed by atoms with Crippen molar-refractivity contribution in [2.24, 2.45) is 0 Å². The lowest BCUT2D eigenvalue weighted by Gasteiger charge is -2.34. The van der Waals surface area contributed by atoms with Crippen LogP contribution < -0.4 is 5.32 Å². The fraction of sp³-hybridized carbons (Fsp3) is 0.190. The molecular weight excluding hydrogens is 280 g/mol. The third-order valence-corrected chi connectivity index (χ3v) is 4.33. The SMILES string of the molecule is C=C1C=CC=C(C(C)(Cc2ccccc2)c2ccc(C)cn2)N1. The van der Waals surface area contributed by atoms with E-state index in [4.69, 9.17) is 4.98 Å². The third-order valence-electron chi connectivity index (χ3n) is 4.33. The predicted octanol–water partition coefficient (Wildman–Crippen LogP) is 4.45. The van der Waals surface area contributed by atoms with Gasteiger partial charge in [-0.25, -0.2) is 0 Å². The number of rotatable bonds is 4. The fourth-order valence-corrected chi connectivity index (χ4v) is 2.96. The zero-order chi connectivity index (χ0) is 16.3. The number of dihydropyridines is 1. The van der Waals surface area contributed by atoms with Gasteiger partial charge in [-0.2, -0.15) is 0 Å². The van der Waals surface area contributed by atoms with Crippen molar-refractivity contribution in [2.75, 3.05) is 0 Å². The molecule has 0 radical (unpaired) electrons. The van der Waals surface area contributed by atoms with Crippen LogP contribution in [0.1, 0.15) is 23.7 Å². The average Bonchev–Trinajstić information content (AvgIpc) is 2.56. The fourth-order valence-electron chi connectivity index (χ4n) is 2.96. The molecule has 0 fully saturated rings. The van der Waals surface area contributed by atoms with Gasteiger partial charge < -0.3 is 5.32 Å². The molecule has 1 unspecified atom stereocenters. The average molecular weight is 302 g/mol. The van der Waals surface area contributed by atoms with Crippen LogP contribution >= 0.6 is 0 Å². The molecule has 0 saturated heterocycles. The summed E-state index contributed by atoms with van der Waals surface area (Å²) in [5.41, 5.74) is 5.33. The summed E-state index contributed by atoms with van der Waals surface area (Å²) in [7, 11) is 0. The predicted molar refractivity (Wildman–Crippen MR) is 96.0 cm³/mol. The maximum atomic E-state index is 4.71. The summed E-state index contributed by atoms with van der Waals surface area (Å²) < 4.78 is 0.